The lowest BCUT2D eigenvalue weighted by atomic mass is 9.88. The van der Waals surface area contributed by atoms with Crippen LogP contribution in [0.2, 0.25) is 0 Å². The molecule has 3 fully saturated rings. The second kappa shape index (κ2) is 15.2. The second-order valence-corrected chi connectivity index (χ2v) is 14.5. The van der Waals surface area contributed by atoms with E-state index in [-0.39, 0.29) is 47.9 Å². The van der Waals surface area contributed by atoms with Crippen molar-refractivity contribution in [1.82, 2.24) is 14.7 Å². The Morgan fingerprint density at radius 1 is 1.06 bits per heavy atom. The lowest BCUT2D eigenvalue weighted by Crippen LogP contribution is -2.52. The first kappa shape index (κ1) is 35.4. The van der Waals surface area contributed by atoms with Crippen molar-refractivity contribution in [1.29, 1.82) is 0 Å². The van der Waals surface area contributed by atoms with Crippen molar-refractivity contribution in [3.05, 3.63) is 64.3 Å². The zero-order valence-corrected chi connectivity index (χ0v) is 28.3. The third-order valence-electron chi connectivity index (χ3n) is 10.2. The van der Waals surface area contributed by atoms with Crippen molar-refractivity contribution in [2.75, 3.05) is 51.2 Å². The van der Waals surface area contributed by atoms with E-state index in [4.69, 9.17) is 4.74 Å². The van der Waals surface area contributed by atoms with Gasteiger partial charge < -0.3 is 19.7 Å². The number of rotatable bonds is 10. The van der Waals surface area contributed by atoms with Crippen LogP contribution in [0.15, 0.2) is 41.8 Å². The summed E-state index contributed by atoms with van der Waals surface area (Å²) in [6.45, 7) is 3.03. The van der Waals surface area contributed by atoms with E-state index in [9.17, 15) is 27.6 Å². The van der Waals surface area contributed by atoms with Crippen LogP contribution in [-0.4, -0.2) is 103 Å². The predicted octanol–water partition coefficient (Wildman–Crippen LogP) is 6.07. The Bertz CT molecular complexity index is 1650. The van der Waals surface area contributed by atoms with Gasteiger partial charge in [0.2, 0.25) is 5.91 Å². The van der Waals surface area contributed by atoms with Gasteiger partial charge in [0, 0.05) is 65.8 Å². The van der Waals surface area contributed by atoms with Crippen molar-refractivity contribution >= 4 is 45.2 Å². The highest BCUT2D eigenvalue weighted by Crippen LogP contribution is 2.31. The number of nitrogens with zero attached hydrogens (tertiary/aromatic N) is 3. The third-order valence-corrected chi connectivity index (χ3v) is 11.1. The average Bonchev–Trinajstić information content (AvgIpc) is 3.71. The summed E-state index contributed by atoms with van der Waals surface area (Å²) in [7, 11) is 0. The molecule has 2 amide bonds. The molecule has 0 radical (unpaired) electrons. The zero-order valence-electron chi connectivity index (χ0n) is 27.5. The number of thiophene rings is 1. The number of hydrogen-bond acceptors (Lipinski definition) is 7. The highest BCUT2D eigenvalue weighted by Gasteiger charge is 2.40. The van der Waals surface area contributed by atoms with E-state index < -0.39 is 18.5 Å². The second-order valence-electron chi connectivity index (χ2n) is 13.6. The SMILES string of the molecule is Cc1cc(CC(=O)N2C[C@@H](N3CCN(CC(F)(F)F)CC3)C[C@H]2CO[C@H]2CC[C@H](C=O)CC2)c(F)cc1NC(=O)c1csc2ccccc12. The molecule has 49 heavy (non-hydrogen) atoms. The maximum absolute atomic E-state index is 15.5. The van der Waals surface area contributed by atoms with E-state index in [0.29, 0.717) is 62.6 Å². The van der Waals surface area contributed by atoms with Crippen molar-refractivity contribution in [3.8, 4) is 0 Å². The van der Waals surface area contributed by atoms with Crippen LogP contribution < -0.4 is 5.32 Å². The van der Waals surface area contributed by atoms with E-state index >= 15 is 4.39 Å². The van der Waals surface area contributed by atoms with Crippen LogP contribution in [0.4, 0.5) is 23.2 Å². The Kier molecular flexibility index (Phi) is 11.0. The monoisotopic (exact) mass is 702 g/mol. The van der Waals surface area contributed by atoms with Crippen molar-refractivity contribution in [3.63, 3.8) is 0 Å². The number of anilines is 1. The van der Waals surface area contributed by atoms with Gasteiger partial charge in [-0.2, -0.15) is 13.2 Å². The number of nitrogens with one attached hydrogen (secondary N) is 1. The minimum atomic E-state index is -4.25. The van der Waals surface area contributed by atoms with Crippen LogP contribution in [0, 0.1) is 18.7 Å². The quantitative estimate of drug-likeness (QED) is 0.204. The summed E-state index contributed by atoms with van der Waals surface area (Å²) in [4.78, 5) is 43.4. The fraction of sp³-hybridized carbons (Fsp3) is 0.528. The van der Waals surface area contributed by atoms with Crippen LogP contribution in [0.25, 0.3) is 10.1 Å². The molecule has 0 spiro atoms. The first-order valence-corrected chi connectivity index (χ1v) is 17.8. The Morgan fingerprint density at radius 3 is 2.51 bits per heavy atom. The molecule has 0 unspecified atom stereocenters. The molecule has 264 valence electrons. The Balaban J connectivity index is 1.12. The normalized spacial score (nSPS) is 24.0. The maximum Gasteiger partial charge on any atom is 0.401 e. The minimum absolute atomic E-state index is 0.00645. The number of carbonyl (C=O) groups excluding carboxylic acids is 3. The highest BCUT2D eigenvalue weighted by molar-refractivity contribution is 7.17. The van der Waals surface area contributed by atoms with Gasteiger partial charge in [-0.05, 0) is 62.3 Å². The molecule has 6 rings (SSSR count). The molecule has 3 heterocycles. The van der Waals surface area contributed by atoms with Crippen LogP contribution >= 0.6 is 11.3 Å². The average molecular weight is 703 g/mol. The van der Waals surface area contributed by atoms with E-state index in [0.717, 1.165) is 42.1 Å². The Hall–Kier alpha value is -3.39. The van der Waals surface area contributed by atoms with E-state index in [1.54, 1.807) is 23.3 Å². The Labute approximate surface area is 287 Å². The maximum atomic E-state index is 15.5. The van der Waals surface area contributed by atoms with Gasteiger partial charge in [0.05, 0.1) is 37.3 Å². The molecule has 2 atom stereocenters. The molecule has 2 aromatic carbocycles. The molecule has 3 aliphatic rings. The van der Waals surface area contributed by atoms with Gasteiger partial charge in [-0.3, -0.25) is 19.4 Å². The van der Waals surface area contributed by atoms with Gasteiger partial charge >= 0.3 is 6.18 Å². The molecule has 3 aromatic rings. The number of benzene rings is 2. The summed E-state index contributed by atoms with van der Waals surface area (Å²) in [6, 6.07) is 10.1. The van der Waals surface area contributed by atoms with Gasteiger partial charge in [-0.25, -0.2) is 4.39 Å². The molecule has 1 aromatic heterocycles. The molecule has 2 saturated heterocycles. The summed E-state index contributed by atoms with van der Waals surface area (Å²) in [5.41, 5.74) is 1.68. The number of hydrogen-bond donors (Lipinski definition) is 1. The Morgan fingerprint density at radius 2 is 1.80 bits per heavy atom. The molecule has 8 nitrogen and oxygen atoms in total. The van der Waals surface area contributed by atoms with Crippen LogP contribution in [-0.2, 0) is 20.7 Å². The first-order chi connectivity index (χ1) is 23.5. The summed E-state index contributed by atoms with van der Waals surface area (Å²) in [6.07, 6.45) is 0.253. The van der Waals surface area contributed by atoms with E-state index in [2.05, 4.69) is 10.2 Å². The van der Waals surface area contributed by atoms with Crippen LogP contribution in [0.5, 0.6) is 0 Å². The molecule has 1 saturated carbocycles. The van der Waals surface area contributed by atoms with Gasteiger partial charge in [0.15, 0.2) is 0 Å². The van der Waals surface area contributed by atoms with Gasteiger partial charge in [-0.1, -0.05) is 24.3 Å². The van der Waals surface area contributed by atoms with E-state index in [1.807, 2.05) is 24.3 Å². The van der Waals surface area contributed by atoms with Gasteiger partial charge in [0.1, 0.15) is 12.1 Å². The molecule has 1 aliphatic carbocycles. The molecule has 13 heteroatoms. The first-order valence-electron chi connectivity index (χ1n) is 16.9. The summed E-state index contributed by atoms with van der Waals surface area (Å²) < 4.78 is 61.6. The number of amides is 2. The number of ether oxygens (including phenoxy) is 1. The molecule has 1 N–H and O–H groups in total. The third kappa shape index (κ3) is 8.68. The van der Waals surface area contributed by atoms with Gasteiger partial charge in [0.25, 0.3) is 5.91 Å². The minimum Gasteiger partial charge on any atom is -0.376 e. The number of aryl methyl sites for hydroxylation is 1. The molecule has 0 bridgehead atoms. The summed E-state index contributed by atoms with van der Waals surface area (Å²) >= 11 is 1.46. The van der Waals surface area contributed by atoms with E-state index in [1.165, 1.54) is 22.3 Å². The topological polar surface area (TPSA) is 82.2 Å². The summed E-state index contributed by atoms with van der Waals surface area (Å²) in [5, 5.41) is 5.43. The number of fused-ring (bicyclic) bond motifs is 1. The number of alkyl halides is 3. The fourth-order valence-electron chi connectivity index (χ4n) is 7.42. The standard InChI is InChI=1S/C36H42F4N4O4S/c1-23-14-25(31(37)17-32(23)41-35(47)30-21-49-33-5-3-2-4-29(30)33)15-34(46)44-18-26(43-12-10-42(11-13-43)22-36(38,39)40)16-27(44)20-48-28-8-6-24(19-45)7-9-28/h2-5,14,17,19,21,24,26-28H,6-13,15-16,18,20,22H2,1H3,(H,41,47)/t24-,26-,27-,28-/m0/s1. The predicted molar refractivity (Wildman–Crippen MR) is 180 cm³/mol. The molecular formula is C36H42F4N4O4S. The highest BCUT2D eigenvalue weighted by atomic mass is 32.1. The fourth-order valence-corrected chi connectivity index (χ4v) is 8.36. The number of carbonyl (C=O) groups is 3. The number of likely N-dealkylation sites (tertiary alicyclic amines) is 1. The lowest BCUT2D eigenvalue weighted by molar-refractivity contribution is -0.150. The number of piperazine rings is 1. The largest absolute Gasteiger partial charge is 0.401 e. The van der Waals surface area contributed by atoms with Crippen molar-refractivity contribution < 1.29 is 36.7 Å². The summed E-state index contributed by atoms with van der Waals surface area (Å²) in [5.74, 6) is -1.14. The smallest absolute Gasteiger partial charge is 0.376 e. The lowest BCUT2D eigenvalue weighted by Gasteiger charge is -2.38. The molecular weight excluding hydrogens is 660 g/mol. The van der Waals surface area contributed by atoms with Crippen LogP contribution in [0.3, 0.4) is 0 Å². The van der Waals surface area contributed by atoms with Crippen LogP contribution in [0.1, 0.15) is 53.6 Å². The van der Waals surface area contributed by atoms with Crippen molar-refractivity contribution in [2.24, 2.45) is 5.92 Å². The number of halogens is 4. The zero-order chi connectivity index (χ0) is 34.7. The van der Waals surface area contributed by atoms with Gasteiger partial charge in [-0.15, -0.1) is 11.3 Å². The molecule has 2 aliphatic heterocycles. The van der Waals surface area contributed by atoms with Crippen molar-refractivity contribution in [2.45, 2.75) is 69.8 Å². The number of aldehydes is 1.